The number of nitrogens with zero attached hydrogens (tertiary/aromatic N) is 2. The molecule has 0 aliphatic carbocycles. The van der Waals surface area contributed by atoms with Crippen LogP contribution in [0.5, 0.6) is 0 Å². The Labute approximate surface area is 148 Å². The number of halogens is 1. The fourth-order valence-corrected chi connectivity index (χ4v) is 3.84. The van der Waals surface area contributed by atoms with Gasteiger partial charge in [0, 0.05) is 12.1 Å². The number of ether oxygens (including phenoxy) is 1. The van der Waals surface area contributed by atoms with Gasteiger partial charge in [0.15, 0.2) is 0 Å². The summed E-state index contributed by atoms with van der Waals surface area (Å²) in [5, 5.41) is 4.10. The molecular weight excluding hydrogens is 347 g/mol. The maximum absolute atomic E-state index is 14.6. The monoisotopic (exact) mass is 366 g/mol. The lowest BCUT2D eigenvalue weighted by Gasteiger charge is -2.21. The summed E-state index contributed by atoms with van der Waals surface area (Å²) in [5.74, 6) is -0.681. The second-order valence-electron chi connectivity index (χ2n) is 5.80. The highest BCUT2D eigenvalue weighted by molar-refractivity contribution is 8.15. The number of cyclic esters (lactones) is 1. The van der Waals surface area contributed by atoms with Gasteiger partial charge >= 0.3 is 6.09 Å². The van der Waals surface area contributed by atoms with Crippen molar-refractivity contribution in [2.75, 3.05) is 18.0 Å². The molecule has 0 bridgehead atoms. The maximum atomic E-state index is 14.6. The Balaban J connectivity index is 1.81. The fourth-order valence-electron chi connectivity index (χ4n) is 2.67. The number of carbonyl (C=O) groups excluding carboxylic acids is 2. The number of nitrogens with two attached hydrogens (primary N) is 1. The molecule has 3 N–H and O–H groups in total. The van der Waals surface area contributed by atoms with E-state index >= 15 is 0 Å². The Morgan fingerprint density at radius 3 is 2.92 bits per heavy atom. The van der Waals surface area contributed by atoms with Gasteiger partial charge in [-0.25, -0.2) is 14.6 Å². The van der Waals surface area contributed by atoms with Crippen LogP contribution in [-0.4, -0.2) is 41.5 Å². The molecule has 0 aromatic heterocycles. The first-order valence-corrected chi connectivity index (χ1v) is 8.93. The summed E-state index contributed by atoms with van der Waals surface area (Å²) in [6, 6.07) is 4.46. The summed E-state index contributed by atoms with van der Waals surface area (Å²) < 4.78 is 19.7. The average Bonchev–Trinajstić information content (AvgIpc) is 2.98. The summed E-state index contributed by atoms with van der Waals surface area (Å²) in [6.45, 7) is 2.49. The second-order valence-corrected chi connectivity index (χ2v) is 7.00. The van der Waals surface area contributed by atoms with E-state index in [1.54, 1.807) is 12.1 Å². The molecule has 25 heavy (non-hydrogen) atoms. The van der Waals surface area contributed by atoms with Crippen molar-refractivity contribution in [3.05, 3.63) is 29.6 Å². The standard InChI is InChI=1S/C16H19FN4O3S/c1-2-3-13-14(22)19-20-15(25-13)11-5-4-9(6-12(11)17)21-8-10(7-18)24-16(21)23/h4-6,10,13H,2-3,7-8,18H2,1H3,(H,19,22). The van der Waals surface area contributed by atoms with E-state index in [1.807, 2.05) is 6.92 Å². The Morgan fingerprint density at radius 2 is 2.28 bits per heavy atom. The van der Waals surface area contributed by atoms with E-state index in [-0.39, 0.29) is 23.3 Å². The number of carbonyl (C=O) groups is 2. The smallest absolute Gasteiger partial charge is 0.414 e. The molecule has 1 saturated heterocycles. The molecule has 1 aromatic rings. The average molecular weight is 366 g/mol. The Bertz CT molecular complexity index is 727. The third-order valence-corrected chi connectivity index (χ3v) is 5.27. The summed E-state index contributed by atoms with van der Waals surface area (Å²) in [6.07, 6.45) is 0.606. The molecule has 1 fully saturated rings. The number of benzene rings is 1. The predicted octanol–water partition coefficient (Wildman–Crippen LogP) is 1.80. The zero-order chi connectivity index (χ0) is 18.0. The number of thioether (sulfide) groups is 1. The summed E-state index contributed by atoms with van der Waals surface area (Å²) in [7, 11) is 0. The molecule has 2 amide bonds. The number of nitrogens with one attached hydrogen (secondary N) is 1. The minimum atomic E-state index is -0.540. The Hall–Kier alpha value is -2.13. The van der Waals surface area contributed by atoms with Crippen molar-refractivity contribution in [1.29, 1.82) is 0 Å². The van der Waals surface area contributed by atoms with Crippen molar-refractivity contribution in [2.45, 2.75) is 31.1 Å². The van der Waals surface area contributed by atoms with Crippen molar-refractivity contribution < 1.29 is 18.7 Å². The lowest BCUT2D eigenvalue weighted by molar-refractivity contribution is -0.120. The molecule has 0 saturated carbocycles. The van der Waals surface area contributed by atoms with E-state index in [1.165, 1.54) is 22.7 Å². The predicted molar refractivity (Wildman–Crippen MR) is 94.0 cm³/mol. The van der Waals surface area contributed by atoms with E-state index in [2.05, 4.69) is 10.5 Å². The highest BCUT2D eigenvalue weighted by Crippen LogP contribution is 2.29. The van der Waals surface area contributed by atoms with Gasteiger partial charge in [-0.1, -0.05) is 25.1 Å². The van der Waals surface area contributed by atoms with Crippen LogP contribution in [-0.2, 0) is 9.53 Å². The van der Waals surface area contributed by atoms with Gasteiger partial charge in [-0.15, -0.1) is 0 Å². The first-order chi connectivity index (χ1) is 12.0. The van der Waals surface area contributed by atoms with Gasteiger partial charge in [0.05, 0.1) is 17.5 Å². The molecule has 7 nitrogen and oxygen atoms in total. The quantitative estimate of drug-likeness (QED) is 0.828. The molecule has 134 valence electrons. The Morgan fingerprint density at radius 1 is 1.48 bits per heavy atom. The van der Waals surface area contributed by atoms with Crippen LogP contribution in [0.15, 0.2) is 23.3 Å². The van der Waals surface area contributed by atoms with E-state index < -0.39 is 18.0 Å². The number of hydrogen-bond acceptors (Lipinski definition) is 6. The fraction of sp³-hybridized carbons (Fsp3) is 0.438. The summed E-state index contributed by atoms with van der Waals surface area (Å²) >= 11 is 1.25. The van der Waals surface area contributed by atoms with Crippen LogP contribution in [0.4, 0.5) is 14.9 Å². The van der Waals surface area contributed by atoms with Crippen molar-refractivity contribution in [3.63, 3.8) is 0 Å². The topological polar surface area (TPSA) is 97.0 Å². The largest absolute Gasteiger partial charge is 0.443 e. The number of anilines is 1. The zero-order valence-corrected chi connectivity index (χ0v) is 14.5. The Kier molecular flexibility index (Phi) is 5.24. The van der Waals surface area contributed by atoms with Crippen LogP contribution in [0.3, 0.4) is 0 Å². The van der Waals surface area contributed by atoms with Gasteiger partial charge < -0.3 is 10.5 Å². The maximum Gasteiger partial charge on any atom is 0.414 e. The molecule has 2 unspecified atom stereocenters. The number of rotatable bonds is 5. The third kappa shape index (κ3) is 3.62. The normalized spacial score (nSPS) is 23.3. The molecule has 3 rings (SSSR count). The third-order valence-electron chi connectivity index (χ3n) is 4.00. The minimum Gasteiger partial charge on any atom is -0.443 e. The van der Waals surface area contributed by atoms with Crippen LogP contribution in [0.2, 0.25) is 0 Å². The number of hydrazone groups is 1. The SMILES string of the molecule is CCCC1SC(c2ccc(N3CC(CN)OC3=O)cc2F)=NNC1=O. The van der Waals surface area contributed by atoms with Crippen molar-refractivity contribution in [3.8, 4) is 0 Å². The van der Waals surface area contributed by atoms with Crippen LogP contribution < -0.4 is 16.1 Å². The first-order valence-electron chi connectivity index (χ1n) is 8.05. The molecule has 2 heterocycles. The van der Waals surface area contributed by atoms with E-state index in [9.17, 15) is 14.0 Å². The van der Waals surface area contributed by atoms with Crippen LogP contribution >= 0.6 is 11.8 Å². The minimum absolute atomic E-state index is 0.166. The van der Waals surface area contributed by atoms with Crippen LogP contribution in [0.25, 0.3) is 0 Å². The van der Waals surface area contributed by atoms with Gasteiger partial charge in [-0.2, -0.15) is 5.10 Å². The highest BCUT2D eigenvalue weighted by Gasteiger charge is 2.32. The molecular formula is C16H19FN4O3S. The van der Waals surface area contributed by atoms with Gasteiger partial charge in [-0.05, 0) is 24.6 Å². The molecule has 0 spiro atoms. The van der Waals surface area contributed by atoms with Crippen LogP contribution in [0.1, 0.15) is 25.3 Å². The van der Waals surface area contributed by atoms with Crippen LogP contribution in [0, 0.1) is 5.82 Å². The second kappa shape index (κ2) is 7.40. The molecule has 2 aliphatic rings. The number of hydrogen-bond donors (Lipinski definition) is 2. The molecule has 2 aliphatic heterocycles. The summed E-state index contributed by atoms with van der Waals surface area (Å²) in [5.41, 5.74) is 8.64. The highest BCUT2D eigenvalue weighted by atomic mass is 32.2. The van der Waals surface area contributed by atoms with Crippen molar-refractivity contribution >= 4 is 34.5 Å². The van der Waals surface area contributed by atoms with Crippen molar-refractivity contribution in [1.82, 2.24) is 5.43 Å². The molecule has 1 aromatic carbocycles. The molecule has 9 heteroatoms. The van der Waals surface area contributed by atoms with Crippen molar-refractivity contribution in [2.24, 2.45) is 10.8 Å². The van der Waals surface area contributed by atoms with Gasteiger partial charge in [-0.3, -0.25) is 9.69 Å². The van der Waals surface area contributed by atoms with E-state index in [0.717, 1.165) is 6.42 Å². The van der Waals surface area contributed by atoms with Gasteiger partial charge in [0.2, 0.25) is 0 Å². The molecule has 0 radical (unpaired) electrons. The summed E-state index contributed by atoms with van der Waals surface area (Å²) in [4.78, 5) is 25.0. The lowest BCUT2D eigenvalue weighted by Crippen LogP contribution is -2.35. The zero-order valence-electron chi connectivity index (χ0n) is 13.7. The van der Waals surface area contributed by atoms with E-state index in [0.29, 0.717) is 23.7 Å². The van der Waals surface area contributed by atoms with E-state index in [4.69, 9.17) is 10.5 Å². The first kappa shape index (κ1) is 17.7. The lowest BCUT2D eigenvalue weighted by atomic mass is 10.2. The van der Waals surface area contributed by atoms with Gasteiger partial charge in [0.25, 0.3) is 5.91 Å². The van der Waals surface area contributed by atoms with Gasteiger partial charge in [0.1, 0.15) is 17.0 Å². The number of amides is 2. The molecule has 2 atom stereocenters.